The van der Waals surface area contributed by atoms with E-state index in [4.69, 9.17) is 22.1 Å². The molecule has 0 aliphatic carbocycles. The first-order chi connectivity index (χ1) is 11.4. The Balaban J connectivity index is 1.98. The maximum absolute atomic E-state index is 12.1. The highest BCUT2D eigenvalue weighted by atomic mass is 35.5. The van der Waals surface area contributed by atoms with Crippen molar-refractivity contribution < 1.29 is 14.3 Å². The van der Waals surface area contributed by atoms with Crippen LogP contribution in [0.2, 0.25) is 5.02 Å². The highest BCUT2D eigenvalue weighted by Gasteiger charge is 2.10. The van der Waals surface area contributed by atoms with Crippen LogP contribution in [0.15, 0.2) is 36.4 Å². The van der Waals surface area contributed by atoms with Crippen LogP contribution >= 0.6 is 11.6 Å². The quantitative estimate of drug-likeness (QED) is 0.749. The van der Waals surface area contributed by atoms with Crippen LogP contribution in [0.4, 0.5) is 11.4 Å². The number of ether oxygens (including phenoxy) is 1. The van der Waals surface area contributed by atoms with Crippen LogP contribution in [0.1, 0.15) is 15.9 Å². The van der Waals surface area contributed by atoms with E-state index in [0.717, 1.165) is 5.56 Å². The van der Waals surface area contributed by atoms with Gasteiger partial charge in [-0.3, -0.25) is 9.59 Å². The zero-order valence-electron chi connectivity index (χ0n) is 13.4. The third kappa shape index (κ3) is 4.39. The summed E-state index contributed by atoms with van der Waals surface area (Å²) in [5, 5.41) is 6.30. The number of rotatable bonds is 6. The number of halogens is 1. The number of nitrogens with one attached hydrogen (secondary N) is 2. The fourth-order valence-corrected chi connectivity index (χ4v) is 2.21. The maximum Gasteiger partial charge on any atom is 0.248 e. The molecule has 0 aromatic heterocycles. The van der Waals surface area contributed by atoms with Gasteiger partial charge in [-0.05, 0) is 42.8 Å². The monoisotopic (exact) mass is 347 g/mol. The van der Waals surface area contributed by atoms with Gasteiger partial charge in [0.15, 0.2) is 0 Å². The SMILES string of the molecule is COc1cc(Cl)c(C)cc1NC(=O)CNc1ccc(C(N)=O)cc1. The van der Waals surface area contributed by atoms with Crippen molar-refractivity contribution >= 4 is 34.8 Å². The first-order valence-corrected chi connectivity index (χ1v) is 7.56. The van der Waals surface area contributed by atoms with E-state index in [9.17, 15) is 9.59 Å². The van der Waals surface area contributed by atoms with Gasteiger partial charge < -0.3 is 21.1 Å². The summed E-state index contributed by atoms with van der Waals surface area (Å²) in [6.45, 7) is 1.90. The molecule has 0 fully saturated rings. The van der Waals surface area contributed by atoms with Gasteiger partial charge in [0, 0.05) is 22.3 Å². The molecule has 0 atom stereocenters. The van der Waals surface area contributed by atoms with Crippen molar-refractivity contribution in [3.05, 3.63) is 52.5 Å². The summed E-state index contributed by atoms with van der Waals surface area (Å²) in [5.41, 5.74) is 7.68. The zero-order chi connectivity index (χ0) is 17.7. The molecule has 2 rings (SSSR count). The number of hydrogen-bond acceptors (Lipinski definition) is 4. The molecule has 0 aliphatic heterocycles. The molecule has 0 saturated heterocycles. The predicted molar refractivity (Wildman–Crippen MR) is 94.8 cm³/mol. The largest absolute Gasteiger partial charge is 0.495 e. The normalized spacial score (nSPS) is 10.1. The van der Waals surface area contributed by atoms with E-state index in [1.54, 1.807) is 36.4 Å². The molecule has 2 amide bonds. The smallest absolute Gasteiger partial charge is 0.248 e. The summed E-state index contributed by atoms with van der Waals surface area (Å²) < 4.78 is 5.22. The van der Waals surface area contributed by atoms with Gasteiger partial charge in [-0.25, -0.2) is 0 Å². The second-order valence-corrected chi connectivity index (χ2v) is 5.55. The lowest BCUT2D eigenvalue weighted by Gasteiger charge is -2.13. The average molecular weight is 348 g/mol. The lowest BCUT2D eigenvalue weighted by molar-refractivity contribution is -0.114. The summed E-state index contributed by atoms with van der Waals surface area (Å²) in [6.07, 6.45) is 0. The average Bonchev–Trinajstić information content (AvgIpc) is 2.56. The second-order valence-electron chi connectivity index (χ2n) is 5.15. The third-order valence-corrected chi connectivity index (χ3v) is 3.78. The molecule has 0 heterocycles. The number of primary amides is 1. The predicted octanol–water partition coefficient (Wildman–Crippen LogP) is 2.81. The number of methoxy groups -OCH3 is 1. The van der Waals surface area contributed by atoms with E-state index >= 15 is 0 Å². The third-order valence-electron chi connectivity index (χ3n) is 3.38. The van der Waals surface area contributed by atoms with Crippen LogP contribution in [0.5, 0.6) is 5.75 Å². The first kappa shape index (κ1) is 17.6. The molecule has 6 nitrogen and oxygen atoms in total. The van der Waals surface area contributed by atoms with Crippen molar-refractivity contribution in [3.63, 3.8) is 0 Å². The summed E-state index contributed by atoms with van der Waals surface area (Å²) in [4.78, 5) is 23.1. The summed E-state index contributed by atoms with van der Waals surface area (Å²) in [7, 11) is 1.51. The van der Waals surface area contributed by atoms with E-state index in [-0.39, 0.29) is 12.5 Å². The van der Waals surface area contributed by atoms with E-state index in [1.165, 1.54) is 7.11 Å². The van der Waals surface area contributed by atoms with Crippen LogP contribution in [-0.2, 0) is 4.79 Å². The molecule has 0 spiro atoms. The maximum atomic E-state index is 12.1. The van der Waals surface area contributed by atoms with Crippen LogP contribution in [0.3, 0.4) is 0 Å². The molecule has 7 heteroatoms. The van der Waals surface area contributed by atoms with Gasteiger partial charge in [-0.15, -0.1) is 0 Å². The Hall–Kier alpha value is -2.73. The van der Waals surface area contributed by atoms with Gasteiger partial charge in [0.05, 0.1) is 19.3 Å². The lowest BCUT2D eigenvalue weighted by atomic mass is 10.2. The van der Waals surface area contributed by atoms with Crippen molar-refractivity contribution in [2.45, 2.75) is 6.92 Å². The van der Waals surface area contributed by atoms with Crippen molar-refractivity contribution in [3.8, 4) is 5.75 Å². The van der Waals surface area contributed by atoms with Crippen molar-refractivity contribution in [2.75, 3.05) is 24.3 Å². The molecule has 24 heavy (non-hydrogen) atoms. The summed E-state index contributed by atoms with van der Waals surface area (Å²) >= 11 is 6.04. The molecule has 0 aliphatic rings. The van der Waals surface area contributed by atoms with E-state index in [0.29, 0.717) is 27.7 Å². The first-order valence-electron chi connectivity index (χ1n) is 7.18. The number of benzene rings is 2. The molecule has 0 bridgehead atoms. The van der Waals surface area contributed by atoms with Crippen molar-refractivity contribution in [1.82, 2.24) is 0 Å². The molecule has 4 N–H and O–H groups in total. The minimum atomic E-state index is -0.496. The molecule has 126 valence electrons. The van der Waals surface area contributed by atoms with Crippen LogP contribution in [-0.4, -0.2) is 25.5 Å². The molecule has 0 unspecified atom stereocenters. The Kier molecular flexibility index (Phi) is 5.65. The van der Waals surface area contributed by atoms with Gasteiger partial charge in [0.2, 0.25) is 11.8 Å². The summed E-state index contributed by atoms with van der Waals surface area (Å²) in [5.74, 6) is -0.247. The molecular formula is C17H18ClN3O3. The Morgan fingerprint density at radius 1 is 1.21 bits per heavy atom. The fraction of sp³-hybridized carbons (Fsp3) is 0.176. The lowest BCUT2D eigenvalue weighted by Crippen LogP contribution is -2.22. The van der Waals surface area contributed by atoms with E-state index in [2.05, 4.69) is 10.6 Å². The van der Waals surface area contributed by atoms with Crippen LogP contribution in [0.25, 0.3) is 0 Å². The topological polar surface area (TPSA) is 93.4 Å². The Morgan fingerprint density at radius 2 is 1.88 bits per heavy atom. The molecule has 2 aromatic rings. The Labute approximate surface area is 144 Å². The van der Waals surface area contributed by atoms with Crippen molar-refractivity contribution in [2.24, 2.45) is 5.73 Å². The van der Waals surface area contributed by atoms with Gasteiger partial charge in [0.1, 0.15) is 5.75 Å². The van der Waals surface area contributed by atoms with Gasteiger partial charge in [-0.1, -0.05) is 11.6 Å². The minimum absolute atomic E-state index is 0.0563. The highest BCUT2D eigenvalue weighted by molar-refractivity contribution is 6.31. The van der Waals surface area contributed by atoms with E-state index < -0.39 is 5.91 Å². The number of carbonyl (C=O) groups excluding carboxylic acids is 2. The molecular weight excluding hydrogens is 330 g/mol. The molecule has 0 radical (unpaired) electrons. The molecule has 0 saturated carbocycles. The highest BCUT2D eigenvalue weighted by Crippen LogP contribution is 2.30. The van der Waals surface area contributed by atoms with Crippen LogP contribution in [0, 0.1) is 6.92 Å². The van der Waals surface area contributed by atoms with E-state index in [1.807, 2.05) is 6.92 Å². The number of hydrogen-bond donors (Lipinski definition) is 3. The van der Waals surface area contributed by atoms with Crippen molar-refractivity contribution in [1.29, 1.82) is 0 Å². The minimum Gasteiger partial charge on any atom is -0.495 e. The zero-order valence-corrected chi connectivity index (χ0v) is 14.1. The van der Waals surface area contributed by atoms with Gasteiger partial charge in [0.25, 0.3) is 0 Å². The molecule has 2 aromatic carbocycles. The van der Waals surface area contributed by atoms with Crippen LogP contribution < -0.4 is 21.1 Å². The number of nitrogens with two attached hydrogens (primary N) is 1. The number of carbonyl (C=O) groups is 2. The number of anilines is 2. The number of amides is 2. The van der Waals surface area contributed by atoms with Gasteiger partial charge >= 0.3 is 0 Å². The summed E-state index contributed by atoms with van der Waals surface area (Å²) in [6, 6.07) is 9.95. The Morgan fingerprint density at radius 3 is 2.46 bits per heavy atom. The Bertz CT molecular complexity index is 760. The second kappa shape index (κ2) is 7.70. The number of aryl methyl sites for hydroxylation is 1. The van der Waals surface area contributed by atoms with Gasteiger partial charge in [-0.2, -0.15) is 0 Å². The fourth-order valence-electron chi connectivity index (χ4n) is 2.06. The standard InChI is InChI=1S/C17H18ClN3O3/c1-10-7-14(15(24-2)8-13(10)18)21-16(22)9-20-12-5-3-11(4-6-12)17(19)23/h3-8,20H,9H2,1-2H3,(H2,19,23)(H,21,22).